The number of likely N-dealkylation sites (tertiary alicyclic amines) is 1. The molecule has 1 aromatic carbocycles. The van der Waals surface area contributed by atoms with Crippen LogP contribution in [0.3, 0.4) is 0 Å². The Morgan fingerprint density at radius 1 is 1.24 bits per heavy atom. The Morgan fingerprint density at radius 3 is 2.64 bits per heavy atom. The molecular formula is C19H22N4O2. The molecule has 6 heteroatoms. The molecule has 1 N–H and O–H groups in total. The smallest absolute Gasteiger partial charge is 0.229 e. The van der Waals surface area contributed by atoms with Crippen molar-refractivity contribution in [2.75, 3.05) is 30.9 Å². The summed E-state index contributed by atoms with van der Waals surface area (Å²) in [5.74, 6) is 0.376. The van der Waals surface area contributed by atoms with E-state index in [2.05, 4.69) is 10.3 Å². The van der Waals surface area contributed by atoms with Crippen LogP contribution in [0.1, 0.15) is 12.0 Å². The van der Waals surface area contributed by atoms with E-state index in [0.29, 0.717) is 18.8 Å². The van der Waals surface area contributed by atoms with E-state index in [4.69, 9.17) is 0 Å². The van der Waals surface area contributed by atoms with Gasteiger partial charge in [0.1, 0.15) is 5.82 Å². The number of nitrogens with zero attached hydrogens (tertiary/aromatic N) is 3. The second-order valence-corrected chi connectivity index (χ2v) is 6.45. The number of nitrogens with one attached hydrogen (secondary N) is 1. The van der Waals surface area contributed by atoms with Gasteiger partial charge in [-0.2, -0.15) is 0 Å². The third kappa shape index (κ3) is 4.15. The summed E-state index contributed by atoms with van der Waals surface area (Å²) in [6.07, 6.45) is 1.88. The van der Waals surface area contributed by atoms with Crippen LogP contribution in [0, 0.1) is 5.92 Å². The maximum absolute atomic E-state index is 12.4. The number of carbonyl (C=O) groups excluding carboxylic acids is 2. The molecule has 1 fully saturated rings. The fourth-order valence-electron chi connectivity index (χ4n) is 2.87. The molecule has 130 valence electrons. The van der Waals surface area contributed by atoms with Gasteiger partial charge in [-0.3, -0.25) is 9.59 Å². The quantitative estimate of drug-likeness (QED) is 0.907. The molecule has 1 aromatic heterocycles. The average molecular weight is 338 g/mol. The molecule has 25 heavy (non-hydrogen) atoms. The molecule has 1 aliphatic heterocycles. The van der Waals surface area contributed by atoms with Gasteiger partial charge >= 0.3 is 0 Å². The van der Waals surface area contributed by atoms with Crippen LogP contribution in [-0.4, -0.2) is 42.3 Å². The van der Waals surface area contributed by atoms with Gasteiger partial charge in [-0.05, 0) is 17.7 Å². The minimum Gasteiger partial charge on any atom is -0.363 e. The molecule has 2 aromatic rings. The number of hydrogen-bond donors (Lipinski definition) is 1. The Morgan fingerprint density at radius 2 is 2.00 bits per heavy atom. The SMILES string of the molecule is CN(C)c1ccc(NC(=O)[C@H]2CC(=O)N(Cc3ccccc3)C2)cn1. The molecule has 1 saturated heterocycles. The molecule has 0 radical (unpaired) electrons. The minimum atomic E-state index is -0.329. The number of anilines is 2. The number of amides is 2. The first-order valence-corrected chi connectivity index (χ1v) is 8.29. The van der Waals surface area contributed by atoms with Crippen molar-refractivity contribution >= 4 is 23.3 Å². The molecule has 2 heterocycles. The van der Waals surface area contributed by atoms with Crippen LogP contribution >= 0.6 is 0 Å². The lowest BCUT2D eigenvalue weighted by molar-refractivity contribution is -0.128. The Labute approximate surface area is 147 Å². The predicted octanol–water partition coefficient (Wildman–Crippen LogP) is 2.13. The molecule has 0 spiro atoms. The lowest BCUT2D eigenvalue weighted by Gasteiger charge is -2.17. The zero-order valence-electron chi connectivity index (χ0n) is 14.5. The molecule has 6 nitrogen and oxygen atoms in total. The number of aromatic nitrogens is 1. The molecule has 3 rings (SSSR count). The van der Waals surface area contributed by atoms with Gasteiger partial charge in [-0.15, -0.1) is 0 Å². The van der Waals surface area contributed by atoms with E-state index in [9.17, 15) is 9.59 Å². The van der Waals surface area contributed by atoms with Crippen LogP contribution < -0.4 is 10.2 Å². The summed E-state index contributed by atoms with van der Waals surface area (Å²) in [7, 11) is 3.82. The van der Waals surface area contributed by atoms with Crippen molar-refractivity contribution in [1.82, 2.24) is 9.88 Å². The Hall–Kier alpha value is -2.89. The van der Waals surface area contributed by atoms with Gasteiger partial charge in [-0.25, -0.2) is 4.98 Å². The maximum Gasteiger partial charge on any atom is 0.229 e. The van der Waals surface area contributed by atoms with E-state index in [1.54, 1.807) is 11.1 Å². The minimum absolute atomic E-state index is 0.0186. The largest absolute Gasteiger partial charge is 0.363 e. The maximum atomic E-state index is 12.4. The van der Waals surface area contributed by atoms with Crippen LogP contribution in [-0.2, 0) is 16.1 Å². The van der Waals surface area contributed by atoms with Gasteiger partial charge in [0.05, 0.1) is 17.8 Å². The zero-order chi connectivity index (χ0) is 17.8. The monoisotopic (exact) mass is 338 g/mol. The van der Waals surface area contributed by atoms with Crippen molar-refractivity contribution in [3.05, 3.63) is 54.2 Å². The fourth-order valence-corrected chi connectivity index (χ4v) is 2.87. The van der Waals surface area contributed by atoms with Crippen LogP contribution in [0.25, 0.3) is 0 Å². The van der Waals surface area contributed by atoms with Crippen LogP contribution in [0.2, 0.25) is 0 Å². The average Bonchev–Trinajstić information content (AvgIpc) is 2.97. The molecule has 0 saturated carbocycles. The van der Waals surface area contributed by atoms with Crippen molar-refractivity contribution in [3.8, 4) is 0 Å². The molecule has 0 unspecified atom stereocenters. The number of pyridine rings is 1. The predicted molar refractivity (Wildman–Crippen MR) is 97.2 cm³/mol. The highest BCUT2D eigenvalue weighted by atomic mass is 16.2. The van der Waals surface area contributed by atoms with E-state index in [-0.39, 0.29) is 24.2 Å². The lowest BCUT2D eigenvalue weighted by atomic mass is 10.1. The normalized spacial score (nSPS) is 16.8. The molecule has 0 bridgehead atoms. The van der Waals surface area contributed by atoms with Gasteiger partial charge in [0.25, 0.3) is 0 Å². The second-order valence-electron chi connectivity index (χ2n) is 6.45. The summed E-state index contributed by atoms with van der Waals surface area (Å²) in [5.41, 5.74) is 1.71. The number of hydrogen-bond acceptors (Lipinski definition) is 4. The van der Waals surface area contributed by atoms with Crippen molar-refractivity contribution in [2.24, 2.45) is 5.92 Å². The standard InChI is InChI=1S/C19H22N4O2/c1-22(2)17-9-8-16(11-20-17)21-19(25)15-10-18(24)23(13-15)12-14-6-4-3-5-7-14/h3-9,11,15H,10,12-13H2,1-2H3,(H,21,25)/t15-/m0/s1. The van der Waals surface area contributed by atoms with Crippen LogP contribution in [0.15, 0.2) is 48.7 Å². The highest BCUT2D eigenvalue weighted by molar-refractivity contribution is 5.97. The van der Waals surface area contributed by atoms with Gasteiger partial charge in [-0.1, -0.05) is 30.3 Å². The van der Waals surface area contributed by atoms with E-state index < -0.39 is 0 Å². The lowest BCUT2D eigenvalue weighted by Crippen LogP contribution is -2.28. The molecule has 1 atom stereocenters. The van der Waals surface area contributed by atoms with Crippen molar-refractivity contribution < 1.29 is 9.59 Å². The van der Waals surface area contributed by atoms with Crippen molar-refractivity contribution in [2.45, 2.75) is 13.0 Å². The fraction of sp³-hybridized carbons (Fsp3) is 0.316. The molecule has 2 amide bonds. The van der Waals surface area contributed by atoms with Gasteiger partial charge in [0.2, 0.25) is 11.8 Å². The van der Waals surface area contributed by atoms with E-state index >= 15 is 0 Å². The Kier molecular flexibility index (Phi) is 4.97. The third-order valence-electron chi connectivity index (χ3n) is 4.28. The summed E-state index contributed by atoms with van der Waals surface area (Å²) in [6.45, 7) is 0.991. The first-order valence-electron chi connectivity index (χ1n) is 8.29. The Bertz CT molecular complexity index is 744. The highest BCUT2D eigenvalue weighted by Crippen LogP contribution is 2.22. The van der Waals surface area contributed by atoms with Crippen molar-refractivity contribution in [3.63, 3.8) is 0 Å². The Balaban J connectivity index is 1.58. The molecular weight excluding hydrogens is 316 g/mol. The first-order chi connectivity index (χ1) is 12.0. The van der Waals surface area contributed by atoms with E-state index in [1.165, 1.54) is 0 Å². The van der Waals surface area contributed by atoms with Crippen molar-refractivity contribution in [1.29, 1.82) is 0 Å². The first kappa shape index (κ1) is 17.0. The third-order valence-corrected chi connectivity index (χ3v) is 4.28. The van der Waals surface area contributed by atoms with Gasteiger partial charge < -0.3 is 15.1 Å². The van der Waals surface area contributed by atoms with Gasteiger partial charge in [0, 0.05) is 33.6 Å². The summed E-state index contributed by atoms with van der Waals surface area (Å²) in [6, 6.07) is 13.5. The zero-order valence-corrected chi connectivity index (χ0v) is 14.5. The number of rotatable bonds is 5. The summed E-state index contributed by atoms with van der Waals surface area (Å²) >= 11 is 0. The molecule has 1 aliphatic rings. The summed E-state index contributed by atoms with van der Waals surface area (Å²) in [5, 5.41) is 2.86. The van der Waals surface area contributed by atoms with Crippen LogP contribution in [0.5, 0.6) is 0 Å². The topological polar surface area (TPSA) is 65.5 Å². The second kappa shape index (κ2) is 7.34. The highest BCUT2D eigenvalue weighted by Gasteiger charge is 2.34. The van der Waals surface area contributed by atoms with E-state index in [0.717, 1.165) is 11.4 Å². The molecule has 0 aliphatic carbocycles. The number of benzene rings is 1. The van der Waals surface area contributed by atoms with E-state index in [1.807, 2.05) is 61.5 Å². The summed E-state index contributed by atoms with van der Waals surface area (Å²) in [4.78, 5) is 32.6. The summed E-state index contributed by atoms with van der Waals surface area (Å²) < 4.78 is 0. The van der Waals surface area contributed by atoms with Gasteiger partial charge in [0.15, 0.2) is 0 Å². The number of carbonyl (C=O) groups is 2. The van der Waals surface area contributed by atoms with Crippen LogP contribution in [0.4, 0.5) is 11.5 Å².